The van der Waals surface area contributed by atoms with Crippen molar-refractivity contribution in [2.75, 3.05) is 0 Å². The van der Waals surface area contributed by atoms with Crippen molar-refractivity contribution < 1.29 is 4.42 Å². The van der Waals surface area contributed by atoms with Crippen LogP contribution in [0.1, 0.15) is 0 Å². The summed E-state index contributed by atoms with van der Waals surface area (Å²) in [6.45, 7) is 0. The number of benzene rings is 8. The summed E-state index contributed by atoms with van der Waals surface area (Å²) in [4.78, 5) is 0. The van der Waals surface area contributed by atoms with Crippen LogP contribution in [0.4, 0.5) is 0 Å². The van der Waals surface area contributed by atoms with Crippen molar-refractivity contribution in [2.24, 2.45) is 0 Å². The molecule has 11 rings (SSSR count). The Balaban J connectivity index is 1.22. The molecule has 238 valence electrons. The van der Waals surface area contributed by atoms with Crippen LogP contribution in [-0.4, -0.2) is 9.13 Å². The van der Waals surface area contributed by atoms with E-state index in [0.717, 1.165) is 55.4 Å². The van der Waals surface area contributed by atoms with E-state index in [-0.39, 0.29) is 0 Å². The molecule has 0 atom stereocenters. The number of para-hydroxylation sites is 2. The molecule has 0 aliphatic rings. The maximum Gasteiger partial charge on any atom is 0.160 e. The zero-order valence-corrected chi connectivity index (χ0v) is 27.6. The van der Waals surface area contributed by atoms with E-state index >= 15 is 0 Å². The smallest absolute Gasteiger partial charge is 0.160 e. The van der Waals surface area contributed by atoms with Crippen LogP contribution in [0.25, 0.3) is 99.2 Å². The first kappa shape index (κ1) is 28.0. The van der Waals surface area contributed by atoms with E-state index in [1.807, 2.05) is 0 Å². The van der Waals surface area contributed by atoms with E-state index in [4.69, 9.17) is 4.42 Å². The molecule has 0 fully saturated rings. The molecule has 3 heterocycles. The van der Waals surface area contributed by atoms with E-state index in [0.29, 0.717) is 0 Å². The van der Waals surface area contributed by atoms with Gasteiger partial charge in [-0.2, -0.15) is 0 Å². The summed E-state index contributed by atoms with van der Waals surface area (Å²) in [6.07, 6.45) is 0. The molecule has 3 heteroatoms. The summed E-state index contributed by atoms with van der Waals surface area (Å²) in [5.74, 6) is 0. The van der Waals surface area contributed by atoms with Gasteiger partial charge in [0, 0.05) is 43.7 Å². The van der Waals surface area contributed by atoms with Gasteiger partial charge < -0.3 is 13.6 Å². The second kappa shape index (κ2) is 10.8. The minimum absolute atomic E-state index is 0.896. The molecule has 3 nitrogen and oxygen atoms in total. The highest BCUT2D eigenvalue weighted by Gasteiger charge is 2.23. The lowest BCUT2D eigenvalue weighted by Gasteiger charge is -2.10. The predicted molar refractivity (Wildman–Crippen MR) is 213 cm³/mol. The Kier molecular flexibility index (Phi) is 5.96. The van der Waals surface area contributed by atoms with Crippen LogP contribution in [0.15, 0.2) is 186 Å². The third kappa shape index (κ3) is 4.12. The molecule has 0 unspecified atom stereocenters. The first-order valence-electron chi connectivity index (χ1n) is 17.4. The molecule has 0 saturated heterocycles. The highest BCUT2D eigenvalue weighted by Crippen LogP contribution is 2.44. The predicted octanol–water partition coefficient (Wildman–Crippen LogP) is 13.1. The lowest BCUT2D eigenvalue weighted by atomic mass is 10.0. The Morgan fingerprint density at radius 2 is 0.745 bits per heavy atom. The quantitative estimate of drug-likeness (QED) is 0.186. The fourth-order valence-electron chi connectivity index (χ4n) is 8.21. The molecule has 0 N–H and O–H groups in total. The van der Waals surface area contributed by atoms with Crippen molar-refractivity contribution >= 4 is 65.6 Å². The molecule has 0 amide bonds. The van der Waals surface area contributed by atoms with Gasteiger partial charge in [0.1, 0.15) is 0 Å². The summed E-state index contributed by atoms with van der Waals surface area (Å²) in [7, 11) is 0. The van der Waals surface area contributed by atoms with Gasteiger partial charge in [0.2, 0.25) is 0 Å². The van der Waals surface area contributed by atoms with Crippen LogP contribution in [0.3, 0.4) is 0 Å². The number of furan rings is 1. The summed E-state index contributed by atoms with van der Waals surface area (Å²) >= 11 is 0. The molecular formula is C48H30N2O. The third-order valence-electron chi connectivity index (χ3n) is 10.5. The third-order valence-corrected chi connectivity index (χ3v) is 10.5. The standard InChI is InChI=1S/C48H30N2O/c1-3-12-31(13-4-1)33-22-24-35(25-23-33)49-43-20-9-7-18-37(43)39-26-28-41-42-29-27-40-38-19-8-10-21-44(38)50(46(40)48(42)51-47(41)45(39)49)36-17-11-16-34(30-36)32-14-5-2-6-15-32/h1-30H. The van der Waals surface area contributed by atoms with Gasteiger partial charge >= 0.3 is 0 Å². The number of fused-ring (bicyclic) bond motifs is 11. The fraction of sp³-hybridized carbons (Fsp3) is 0. The first-order chi connectivity index (χ1) is 25.3. The second-order valence-electron chi connectivity index (χ2n) is 13.3. The average molecular weight is 651 g/mol. The zero-order valence-electron chi connectivity index (χ0n) is 27.6. The van der Waals surface area contributed by atoms with Crippen LogP contribution < -0.4 is 0 Å². The van der Waals surface area contributed by atoms with Gasteiger partial charge in [-0.25, -0.2) is 0 Å². The molecule has 3 aromatic heterocycles. The highest BCUT2D eigenvalue weighted by molar-refractivity contribution is 6.26. The Morgan fingerprint density at radius 1 is 0.294 bits per heavy atom. The minimum atomic E-state index is 0.896. The number of rotatable bonds is 4. The molecule has 8 aromatic carbocycles. The van der Waals surface area contributed by atoms with Gasteiger partial charge in [0.05, 0.1) is 22.1 Å². The Morgan fingerprint density at radius 3 is 1.33 bits per heavy atom. The van der Waals surface area contributed by atoms with Crippen LogP contribution in [0.5, 0.6) is 0 Å². The molecule has 0 spiro atoms. The fourth-order valence-corrected chi connectivity index (χ4v) is 8.21. The molecule has 11 aromatic rings. The Labute approximate surface area is 293 Å². The van der Waals surface area contributed by atoms with E-state index in [1.54, 1.807) is 0 Å². The minimum Gasteiger partial charge on any atom is -0.452 e. The highest BCUT2D eigenvalue weighted by atomic mass is 16.3. The van der Waals surface area contributed by atoms with Gasteiger partial charge in [0.25, 0.3) is 0 Å². The summed E-state index contributed by atoms with van der Waals surface area (Å²) in [5.41, 5.74) is 13.3. The normalized spacial score (nSPS) is 11.9. The molecule has 0 radical (unpaired) electrons. The van der Waals surface area contributed by atoms with E-state index in [2.05, 4.69) is 191 Å². The van der Waals surface area contributed by atoms with Crippen molar-refractivity contribution in [1.29, 1.82) is 0 Å². The lowest BCUT2D eigenvalue weighted by molar-refractivity contribution is 0.673. The maximum atomic E-state index is 7.23. The topological polar surface area (TPSA) is 23.0 Å². The molecule has 0 aliphatic carbocycles. The van der Waals surface area contributed by atoms with Crippen LogP contribution in [-0.2, 0) is 0 Å². The number of nitrogens with zero attached hydrogens (tertiary/aromatic N) is 2. The molecule has 0 bridgehead atoms. The number of hydrogen-bond acceptors (Lipinski definition) is 1. The first-order valence-corrected chi connectivity index (χ1v) is 17.4. The van der Waals surface area contributed by atoms with E-state index in [1.165, 1.54) is 43.8 Å². The van der Waals surface area contributed by atoms with Crippen molar-refractivity contribution in [1.82, 2.24) is 9.13 Å². The zero-order chi connectivity index (χ0) is 33.5. The SMILES string of the molecule is c1ccc(-c2ccc(-n3c4ccccc4c4ccc5c6ccc7c8ccccc8n(-c8cccc(-c9ccccc9)c8)c7c6oc5c43)cc2)cc1. The van der Waals surface area contributed by atoms with Crippen LogP contribution >= 0.6 is 0 Å². The average Bonchev–Trinajstić information content (AvgIpc) is 3.87. The molecule has 0 aliphatic heterocycles. The van der Waals surface area contributed by atoms with Gasteiger partial charge in [-0.15, -0.1) is 0 Å². The van der Waals surface area contributed by atoms with E-state index < -0.39 is 0 Å². The van der Waals surface area contributed by atoms with E-state index in [9.17, 15) is 0 Å². The number of aromatic nitrogens is 2. The van der Waals surface area contributed by atoms with Gasteiger partial charge in [0.15, 0.2) is 11.2 Å². The van der Waals surface area contributed by atoms with Crippen molar-refractivity contribution in [3.8, 4) is 33.6 Å². The summed E-state index contributed by atoms with van der Waals surface area (Å²) in [5, 5.41) is 6.99. The summed E-state index contributed by atoms with van der Waals surface area (Å²) < 4.78 is 12.0. The Bertz CT molecular complexity index is 3110. The van der Waals surface area contributed by atoms with Crippen LogP contribution in [0, 0.1) is 0 Å². The Hall–Kier alpha value is -6.84. The van der Waals surface area contributed by atoms with Crippen molar-refractivity contribution in [2.45, 2.75) is 0 Å². The molecular weight excluding hydrogens is 621 g/mol. The van der Waals surface area contributed by atoms with Gasteiger partial charge in [-0.1, -0.05) is 133 Å². The van der Waals surface area contributed by atoms with Crippen molar-refractivity contribution in [3.05, 3.63) is 182 Å². The largest absolute Gasteiger partial charge is 0.452 e. The molecule has 51 heavy (non-hydrogen) atoms. The lowest BCUT2D eigenvalue weighted by Crippen LogP contribution is -1.94. The number of hydrogen-bond donors (Lipinski definition) is 0. The molecule has 0 saturated carbocycles. The van der Waals surface area contributed by atoms with Gasteiger partial charge in [-0.05, 0) is 70.8 Å². The van der Waals surface area contributed by atoms with Crippen molar-refractivity contribution in [3.63, 3.8) is 0 Å². The maximum absolute atomic E-state index is 7.23. The van der Waals surface area contributed by atoms with Crippen LogP contribution in [0.2, 0.25) is 0 Å². The van der Waals surface area contributed by atoms with Gasteiger partial charge in [-0.3, -0.25) is 0 Å². The summed E-state index contributed by atoms with van der Waals surface area (Å²) in [6, 6.07) is 65.3. The monoisotopic (exact) mass is 650 g/mol. The second-order valence-corrected chi connectivity index (χ2v) is 13.3.